The average Bonchev–Trinajstić information content (AvgIpc) is 1.85. The highest BCUT2D eigenvalue weighted by Gasteiger charge is 2.32. The van der Waals surface area contributed by atoms with E-state index in [1.165, 1.54) is 4.31 Å². The number of alkyl halides is 3. The van der Waals surface area contributed by atoms with E-state index in [2.05, 4.69) is 0 Å². The topological polar surface area (TPSA) is 12.5 Å². The monoisotopic (exact) mass is 187 g/mol. The van der Waals surface area contributed by atoms with E-state index in [1.807, 2.05) is 0 Å². The highest BCUT2D eigenvalue weighted by molar-refractivity contribution is 7.97. The second-order valence-electron chi connectivity index (χ2n) is 2.08. The van der Waals surface area contributed by atoms with E-state index >= 15 is 0 Å². The Bertz CT molecular complexity index is 123. The number of hydrogen-bond donors (Lipinski definition) is 0. The van der Waals surface area contributed by atoms with Gasteiger partial charge in [0.1, 0.15) is 0 Å². The summed E-state index contributed by atoms with van der Waals surface area (Å²) >= 11 is -0.0690. The van der Waals surface area contributed by atoms with Gasteiger partial charge in [-0.25, -0.2) is 4.31 Å². The number of rotatable bonds is 1. The van der Waals surface area contributed by atoms with Crippen LogP contribution in [0.2, 0.25) is 0 Å². The van der Waals surface area contributed by atoms with Gasteiger partial charge >= 0.3 is 5.51 Å². The van der Waals surface area contributed by atoms with Crippen LogP contribution >= 0.6 is 11.9 Å². The molecule has 0 aromatic rings. The molecule has 1 rings (SSSR count). The molecular formula is C5H8F3NOS. The molecule has 0 spiro atoms. The van der Waals surface area contributed by atoms with Crippen molar-refractivity contribution < 1.29 is 17.9 Å². The molecule has 1 aliphatic rings. The number of ether oxygens (including phenoxy) is 1. The van der Waals surface area contributed by atoms with Crippen LogP contribution in [0.4, 0.5) is 13.2 Å². The highest BCUT2D eigenvalue weighted by Crippen LogP contribution is 2.33. The fraction of sp³-hybridized carbons (Fsp3) is 1.00. The standard InChI is InChI=1S/C5H8F3NOS/c6-5(7,8)11-9-1-3-10-4-2-9/h1-4H2. The number of halogens is 3. The van der Waals surface area contributed by atoms with Crippen LogP contribution in [-0.4, -0.2) is 36.1 Å². The second kappa shape index (κ2) is 3.64. The summed E-state index contributed by atoms with van der Waals surface area (Å²) in [6.07, 6.45) is 0. The molecule has 11 heavy (non-hydrogen) atoms. The van der Waals surface area contributed by atoms with Crippen molar-refractivity contribution in [2.45, 2.75) is 5.51 Å². The fourth-order valence-corrected chi connectivity index (χ4v) is 1.41. The van der Waals surface area contributed by atoms with E-state index in [0.29, 0.717) is 26.3 Å². The Hall–Kier alpha value is 0.0600. The summed E-state index contributed by atoms with van der Waals surface area (Å²) < 4.78 is 41.3. The summed E-state index contributed by atoms with van der Waals surface area (Å²) in [5, 5.41) is 0. The molecule has 66 valence electrons. The zero-order valence-electron chi connectivity index (χ0n) is 5.73. The van der Waals surface area contributed by atoms with Crippen molar-refractivity contribution in [2.75, 3.05) is 26.3 Å². The van der Waals surface area contributed by atoms with Crippen molar-refractivity contribution in [1.82, 2.24) is 4.31 Å². The van der Waals surface area contributed by atoms with Gasteiger partial charge in [-0.05, 0) is 0 Å². The van der Waals surface area contributed by atoms with Gasteiger partial charge in [0.25, 0.3) is 0 Å². The molecule has 2 nitrogen and oxygen atoms in total. The summed E-state index contributed by atoms with van der Waals surface area (Å²) in [7, 11) is 0. The molecule has 1 aliphatic heterocycles. The van der Waals surface area contributed by atoms with Gasteiger partial charge in [0.2, 0.25) is 0 Å². The summed E-state index contributed by atoms with van der Waals surface area (Å²) in [5.41, 5.74) is -4.16. The van der Waals surface area contributed by atoms with E-state index in [9.17, 15) is 13.2 Å². The Morgan fingerprint density at radius 3 is 2.18 bits per heavy atom. The van der Waals surface area contributed by atoms with Gasteiger partial charge in [-0.1, -0.05) is 0 Å². The first-order valence-electron chi connectivity index (χ1n) is 3.16. The molecular weight excluding hydrogens is 179 g/mol. The molecule has 0 radical (unpaired) electrons. The number of nitrogens with zero attached hydrogens (tertiary/aromatic N) is 1. The minimum atomic E-state index is -4.16. The van der Waals surface area contributed by atoms with Crippen LogP contribution in [-0.2, 0) is 4.74 Å². The molecule has 0 bridgehead atoms. The van der Waals surface area contributed by atoms with Gasteiger partial charge in [-0.3, -0.25) is 0 Å². The Kier molecular flexibility index (Phi) is 3.03. The highest BCUT2D eigenvalue weighted by atomic mass is 32.2. The van der Waals surface area contributed by atoms with Crippen molar-refractivity contribution in [1.29, 1.82) is 0 Å². The zero-order chi connectivity index (χ0) is 8.32. The minimum absolute atomic E-state index is 0.0690. The SMILES string of the molecule is FC(F)(F)SN1CCOCC1. The minimum Gasteiger partial charge on any atom is -0.379 e. The summed E-state index contributed by atoms with van der Waals surface area (Å²) in [6, 6.07) is 0. The van der Waals surface area contributed by atoms with Crippen LogP contribution in [0.25, 0.3) is 0 Å². The molecule has 0 unspecified atom stereocenters. The van der Waals surface area contributed by atoms with E-state index in [-0.39, 0.29) is 11.9 Å². The van der Waals surface area contributed by atoms with Gasteiger partial charge in [0.15, 0.2) is 0 Å². The Morgan fingerprint density at radius 2 is 1.73 bits per heavy atom. The lowest BCUT2D eigenvalue weighted by Crippen LogP contribution is -2.33. The van der Waals surface area contributed by atoms with Crippen LogP contribution in [0, 0.1) is 0 Å². The predicted molar refractivity (Wildman–Crippen MR) is 36.0 cm³/mol. The zero-order valence-corrected chi connectivity index (χ0v) is 6.54. The van der Waals surface area contributed by atoms with Gasteiger partial charge in [0, 0.05) is 25.0 Å². The van der Waals surface area contributed by atoms with Gasteiger partial charge in [0.05, 0.1) is 13.2 Å². The van der Waals surface area contributed by atoms with Crippen molar-refractivity contribution >= 4 is 11.9 Å². The van der Waals surface area contributed by atoms with Crippen molar-refractivity contribution in [3.05, 3.63) is 0 Å². The van der Waals surface area contributed by atoms with Crippen molar-refractivity contribution in [3.8, 4) is 0 Å². The smallest absolute Gasteiger partial charge is 0.379 e. The number of morpholine rings is 1. The van der Waals surface area contributed by atoms with Crippen molar-refractivity contribution in [3.63, 3.8) is 0 Å². The molecule has 1 heterocycles. The van der Waals surface area contributed by atoms with E-state index in [0.717, 1.165) is 0 Å². The number of hydrogen-bond acceptors (Lipinski definition) is 3. The van der Waals surface area contributed by atoms with Crippen LogP contribution in [0.3, 0.4) is 0 Å². The van der Waals surface area contributed by atoms with Gasteiger partial charge < -0.3 is 4.74 Å². The Labute approximate surface area is 66.8 Å². The molecule has 0 N–H and O–H groups in total. The third kappa shape index (κ3) is 3.83. The maximum atomic E-state index is 11.7. The van der Waals surface area contributed by atoms with Gasteiger partial charge in [-0.15, -0.1) is 0 Å². The second-order valence-corrected chi connectivity index (χ2v) is 3.24. The lowest BCUT2D eigenvalue weighted by Gasteiger charge is -2.25. The first-order valence-corrected chi connectivity index (χ1v) is 3.94. The van der Waals surface area contributed by atoms with Crippen LogP contribution in [0.5, 0.6) is 0 Å². The molecule has 0 aliphatic carbocycles. The molecule has 0 amide bonds. The average molecular weight is 187 g/mol. The first-order chi connectivity index (χ1) is 5.08. The molecule has 6 heteroatoms. The molecule has 1 saturated heterocycles. The third-order valence-electron chi connectivity index (χ3n) is 1.20. The van der Waals surface area contributed by atoms with E-state index in [1.54, 1.807) is 0 Å². The first kappa shape index (κ1) is 9.15. The van der Waals surface area contributed by atoms with Crippen molar-refractivity contribution in [2.24, 2.45) is 0 Å². The maximum absolute atomic E-state index is 11.7. The Balaban J connectivity index is 2.24. The lowest BCUT2D eigenvalue weighted by atomic mass is 10.5. The largest absolute Gasteiger partial charge is 0.456 e. The van der Waals surface area contributed by atoms with Crippen LogP contribution in [0.15, 0.2) is 0 Å². The van der Waals surface area contributed by atoms with E-state index in [4.69, 9.17) is 4.74 Å². The lowest BCUT2D eigenvalue weighted by molar-refractivity contribution is -0.0384. The molecule has 0 atom stereocenters. The molecule has 0 aromatic heterocycles. The molecule has 0 aromatic carbocycles. The van der Waals surface area contributed by atoms with Gasteiger partial charge in [-0.2, -0.15) is 13.2 Å². The normalized spacial score (nSPS) is 22.1. The summed E-state index contributed by atoms with van der Waals surface area (Å²) in [6.45, 7) is 1.49. The van der Waals surface area contributed by atoms with E-state index < -0.39 is 5.51 Å². The maximum Gasteiger partial charge on any atom is 0.456 e. The Morgan fingerprint density at radius 1 is 1.18 bits per heavy atom. The summed E-state index contributed by atoms with van der Waals surface area (Å²) in [4.78, 5) is 0. The third-order valence-corrected chi connectivity index (χ3v) is 2.03. The summed E-state index contributed by atoms with van der Waals surface area (Å²) in [5.74, 6) is 0. The fourth-order valence-electron chi connectivity index (χ4n) is 0.784. The predicted octanol–water partition coefficient (Wildman–Crippen LogP) is 1.49. The van der Waals surface area contributed by atoms with Crippen LogP contribution in [0.1, 0.15) is 0 Å². The van der Waals surface area contributed by atoms with Crippen LogP contribution < -0.4 is 0 Å². The molecule has 1 fully saturated rings. The quantitative estimate of drug-likeness (QED) is 0.577. The molecule has 0 saturated carbocycles.